The highest BCUT2D eigenvalue weighted by molar-refractivity contribution is 8.00. The number of nitrogens with two attached hydrogens (primary N) is 1. The van der Waals surface area contributed by atoms with Crippen LogP contribution in [0.5, 0.6) is 0 Å². The van der Waals surface area contributed by atoms with Gasteiger partial charge in [0.15, 0.2) is 0 Å². The second-order valence-electron chi connectivity index (χ2n) is 3.64. The Bertz CT molecular complexity index is 295. The summed E-state index contributed by atoms with van der Waals surface area (Å²) in [4.78, 5) is 1.29. The van der Waals surface area contributed by atoms with E-state index in [0.717, 1.165) is 10.8 Å². The lowest BCUT2D eigenvalue weighted by molar-refractivity contribution is 0.186. The number of thioether (sulfide) groups is 1. The lowest BCUT2D eigenvalue weighted by Gasteiger charge is -2.08. The molecule has 0 heterocycles. The molecular weight excluding hydrogens is 194 g/mol. The van der Waals surface area contributed by atoms with Crippen LogP contribution in [0.1, 0.15) is 24.5 Å². The maximum Gasteiger partial charge on any atom is 0.0912 e. The molecule has 2 rings (SSSR count). The number of hydrogen-bond acceptors (Lipinski definition) is 3. The fourth-order valence-electron chi connectivity index (χ4n) is 1.28. The van der Waals surface area contributed by atoms with Gasteiger partial charge < -0.3 is 10.8 Å². The molecule has 1 saturated carbocycles. The maximum atomic E-state index is 9.48. The Morgan fingerprint density at radius 2 is 2.00 bits per heavy atom. The zero-order valence-electron chi connectivity index (χ0n) is 8.02. The monoisotopic (exact) mass is 209 g/mol. The first kappa shape index (κ1) is 10.0. The van der Waals surface area contributed by atoms with Gasteiger partial charge in [-0.05, 0) is 30.5 Å². The van der Waals surface area contributed by atoms with Gasteiger partial charge in [-0.15, -0.1) is 11.8 Å². The van der Waals surface area contributed by atoms with Gasteiger partial charge in [-0.3, -0.25) is 0 Å². The van der Waals surface area contributed by atoms with Crippen molar-refractivity contribution >= 4 is 11.8 Å². The summed E-state index contributed by atoms with van der Waals surface area (Å²) < 4.78 is 0. The SMILES string of the molecule is NCC(O)c1ccc(SC2CC2)cc1. The topological polar surface area (TPSA) is 46.2 Å². The molecule has 14 heavy (non-hydrogen) atoms. The first-order valence-corrected chi connectivity index (χ1v) is 5.82. The highest BCUT2D eigenvalue weighted by Gasteiger charge is 2.22. The van der Waals surface area contributed by atoms with Crippen molar-refractivity contribution in [1.29, 1.82) is 0 Å². The van der Waals surface area contributed by atoms with Crippen LogP contribution in [0.4, 0.5) is 0 Å². The Labute approximate surface area is 88.5 Å². The third-order valence-corrected chi connectivity index (χ3v) is 3.66. The smallest absolute Gasteiger partial charge is 0.0912 e. The maximum absolute atomic E-state index is 9.48. The molecule has 0 spiro atoms. The molecule has 0 saturated heterocycles. The zero-order chi connectivity index (χ0) is 9.97. The van der Waals surface area contributed by atoms with Crippen molar-refractivity contribution < 1.29 is 5.11 Å². The quantitative estimate of drug-likeness (QED) is 0.796. The second kappa shape index (κ2) is 4.34. The average molecular weight is 209 g/mol. The Balaban J connectivity index is 2.01. The molecule has 0 radical (unpaired) electrons. The predicted octanol–water partition coefficient (Wildman–Crippen LogP) is 1.93. The minimum Gasteiger partial charge on any atom is -0.387 e. The van der Waals surface area contributed by atoms with Gasteiger partial charge in [0.25, 0.3) is 0 Å². The standard InChI is InChI=1S/C11H15NOS/c12-7-11(13)8-1-3-9(4-2-8)14-10-5-6-10/h1-4,10-11,13H,5-7,12H2. The number of rotatable bonds is 4. The molecule has 0 aliphatic heterocycles. The van der Waals surface area contributed by atoms with Crippen LogP contribution in [0.3, 0.4) is 0 Å². The highest BCUT2D eigenvalue weighted by atomic mass is 32.2. The fourth-order valence-corrected chi connectivity index (χ4v) is 2.33. The van der Waals surface area contributed by atoms with E-state index in [-0.39, 0.29) is 6.54 Å². The molecule has 76 valence electrons. The van der Waals surface area contributed by atoms with Gasteiger partial charge in [-0.2, -0.15) is 0 Å². The number of benzene rings is 1. The van der Waals surface area contributed by atoms with E-state index < -0.39 is 6.10 Å². The van der Waals surface area contributed by atoms with Crippen LogP contribution in [0.2, 0.25) is 0 Å². The molecule has 1 aliphatic rings. The molecule has 1 unspecified atom stereocenters. The number of aliphatic hydroxyl groups excluding tert-OH is 1. The first-order chi connectivity index (χ1) is 6.79. The van der Waals surface area contributed by atoms with Crippen molar-refractivity contribution in [2.24, 2.45) is 5.73 Å². The van der Waals surface area contributed by atoms with Gasteiger partial charge in [0, 0.05) is 16.7 Å². The minimum atomic E-state index is -0.519. The minimum absolute atomic E-state index is 0.287. The Morgan fingerprint density at radius 1 is 1.36 bits per heavy atom. The van der Waals surface area contributed by atoms with Gasteiger partial charge in [-0.25, -0.2) is 0 Å². The summed E-state index contributed by atoms with van der Waals surface area (Å²) in [5, 5.41) is 10.3. The normalized spacial score (nSPS) is 18.1. The summed E-state index contributed by atoms with van der Waals surface area (Å²) in [5.74, 6) is 0. The van der Waals surface area contributed by atoms with E-state index in [1.54, 1.807) is 0 Å². The van der Waals surface area contributed by atoms with E-state index in [4.69, 9.17) is 5.73 Å². The van der Waals surface area contributed by atoms with E-state index in [1.165, 1.54) is 17.7 Å². The molecule has 0 amide bonds. The molecule has 3 heteroatoms. The van der Waals surface area contributed by atoms with Gasteiger partial charge in [0.1, 0.15) is 0 Å². The van der Waals surface area contributed by atoms with Crippen molar-refractivity contribution in [3.05, 3.63) is 29.8 Å². The number of hydrogen-bond donors (Lipinski definition) is 2. The fraction of sp³-hybridized carbons (Fsp3) is 0.455. The number of aliphatic hydroxyl groups is 1. The molecule has 1 aromatic rings. The van der Waals surface area contributed by atoms with Gasteiger partial charge in [0.05, 0.1) is 6.10 Å². The third-order valence-electron chi connectivity index (χ3n) is 2.32. The molecule has 1 aromatic carbocycles. The van der Waals surface area contributed by atoms with E-state index in [2.05, 4.69) is 12.1 Å². The Kier molecular flexibility index (Phi) is 3.11. The van der Waals surface area contributed by atoms with E-state index in [1.807, 2.05) is 23.9 Å². The molecular formula is C11H15NOS. The van der Waals surface area contributed by atoms with E-state index >= 15 is 0 Å². The van der Waals surface area contributed by atoms with Crippen LogP contribution < -0.4 is 5.73 Å². The summed E-state index contributed by atoms with van der Waals surface area (Å²) in [6, 6.07) is 8.05. The largest absolute Gasteiger partial charge is 0.387 e. The van der Waals surface area contributed by atoms with Crippen molar-refractivity contribution in [3.8, 4) is 0 Å². The summed E-state index contributed by atoms with van der Waals surface area (Å²) in [6.45, 7) is 0.287. The lowest BCUT2D eigenvalue weighted by atomic mass is 10.1. The van der Waals surface area contributed by atoms with Crippen molar-refractivity contribution in [2.45, 2.75) is 29.1 Å². The average Bonchev–Trinajstić information content (AvgIpc) is 3.02. The van der Waals surface area contributed by atoms with Crippen LogP contribution in [0, 0.1) is 0 Å². The van der Waals surface area contributed by atoms with Crippen LogP contribution in [-0.2, 0) is 0 Å². The molecule has 1 fully saturated rings. The molecule has 1 aliphatic carbocycles. The van der Waals surface area contributed by atoms with E-state index in [0.29, 0.717) is 0 Å². The lowest BCUT2D eigenvalue weighted by Crippen LogP contribution is -2.11. The van der Waals surface area contributed by atoms with Crippen LogP contribution in [0.15, 0.2) is 29.2 Å². The summed E-state index contributed by atoms with van der Waals surface area (Å²) >= 11 is 1.92. The molecule has 1 atom stereocenters. The molecule has 2 nitrogen and oxygen atoms in total. The molecule has 0 bridgehead atoms. The highest BCUT2D eigenvalue weighted by Crippen LogP contribution is 2.39. The van der Waals surface area contributed by atoms with E-state index in [9.17, 15) is 5.11 Å². The summed E-state index contributed by atoms with van der Waals surface area (Å²) in [5.41, 5.74) is 6.29. The van der Waals surface area contributed by atoms with Crippen molar-refractivity contribution in [3.63, 3.8) is 0 Å². The van der Waals surface area contributed by atoms with Crippen LogP contribution in [0.25, 0.3) is 0 Å². The van der Waals surface area contributed by atoms with Gasteiger partial charge >= 0.3 is 0 Å². The molecule has 0 aromatic heterocycles. The Morgan fingerprint density at radius 3 is 2.50 bits per heavy atom. The zero-order valence-corrected chi connectivity index (χ0v) is 8.83. The summed E-state index contributed by atoms with van der Waals surface area (Å²) in [7, 11) is 0. The third kappa shape index (κ3) is 2.50. The van der Waals surface area contributed by atoms with Gasteiger partial charge in [0.2, 0.25) is 0 Å². The summed E-state index contributed by atoms with van der Waals surface area (Å²) in [6.07, 6.45) is 2.17. The Hall–Kier alpha value is -0.510. The van der Waals surface area contributed by atoms with Crippen molar-refractivity contribution in [2.75, 3.05) is 6.54 Å². The first-order valence-electron chi connectivity index (χ1n) is 4.94. The second-order valence-corrected chi connectivity index (χ2v) is 5.01. The van der Waals surface area contributed by atoms with Gasteiger partial charge in [-0.1, -0.05) is 12.1 Å². The predicted molar refractivity (Wildman–Crippen MR) is 59.3 cm³/mol. The van der Waals surface area contributed by atoms with Crippen LogP contribution in [-0.4, -0.2) is 16.9 Å². The van der Waals surface area contributed by atoms with Crippen molar-refractivity contribution in [1.82, 2.24) is 0 Å². The molecule has 3 N–H and O–H groups in total. The van der Waals surface area contributed by atoms with Crippen LogP contribution >= 0.6 is 11.8 Å².